The Morgan fingerprint density at radius 3 is 2.65 bits per heavy atom. The number of aliphatic hydroxyl groups is 1. The van der Waals surface area contributed by atoms with Gasteiger partial charge in [0.05, 0.1) is 6.10 Å². The van der Waals surface area contributed by atoms with Crippen LogP contribution in [0.15, 0.2) is 11.6 Å². The number of hydrogen-bond donors (Lipinski definition) is 1. The molecule has 2 heteroatoms. The summed E-state index contributed by atoms with van der Waals surface area (Å²) < 4.78 is 6.08. The van der Waals surface area contributed by atoms with Crippen molar-refractivity contribution in [2.75, 3.05) is 13.2 Å². The minimum absolute atomic E-state index is 0.249. The Hall–Kier alpha value is -0.340. The smallest absolute Gasteiger partial charge is 0.0612 e. The number of hydrogen-bond acceptors (Lipinski definition) is 2. The largest absolute Gasteiger partial charge is 0.396 e. The second-order valence-corrected chi connectivity index (χ2v) is 12.4. The van der Waals surface area contributed by atoms with Crippen LogP contribution in [0, 0.1) is 46.8 Å². The molecule has 0 aromatic carbocycles. The number of rotatable bonds is 9. The fourth-order valence-electron chi connectivity index (χ4n) is 8.72. The fraction of sp³-hybridized carbons (Fsp3) is 0.931. The topological polar surface area (TPSA) is 29.5 Å². The third-order valence-corrected chi connectivity index (χ3v) is 10.3. The Morgan fingerprint density at radius 1 is 1.03 bits per heavy atom. The first-order chi connectivity index (χ1) is 14.9. The fourth-order valence-corrected chi connectivity index (χ4v) is 8.72. The highest BCUT2D eigenvalue weighted by Gasteiger charge is 2.56. The van der Waals surface area contributed by atoms with E-state index in [1.165, 1.54) is 64.2 Å². The third kappa shape index (κ3) is 4.96. The molecule has 8 atom stereocenters. The van der Waals surface area contributed by atoms with Gasteiger partial charge in [-0.2, -0.15) is 0 Å². The van der Waals surface area contributed by atoms with E-state index < -0.39 is 0 Å². The van der Waals surface area contributed by atoms with E-state index in [9.17, 15) is 0 Å². The maximum absolute atomic E-state index is 9.03. The Kier molecular flexibility index (Phi) is 7.90. The van der Waals surface area contributed by atoms with Crippen molar-refractivity contribution in [1.29, 1.82) is 0 Å². The molecular formula is C29H50O2. The van der Waals surface area contributed by atoms with Gasteiger partial charge in [0, 0.05) is 13.2 Å². The number of aliphatic hydroxyl groups excluding tert-OH is 1. The first kappa shape index (κ1) is 23.8. The van der Waals surface area contributed by atoms with E-state index in [1.807, 2.05) is 0 Å². The monoisotopic (exact) mass is 430 g/mol. The highest BCUT2D eigenvalue weighted by atomic mass is 16.5. The molecule has 178 valence electrons. The predicted molar refractivity (Wildman–Crippen MR) is 130 cm³/mol. The van der Waals surface area contributed by atoms with Gasteiger partial charge in [0.1, 0.15) is 0 Å². The van der Waals surface area contributed by atoms with Crippen molar-refractivity contribution in [2.45, 2.75) is 111 Å². The predicted octanol–water partition coefficient (Wildman–Crippen LogP) is 7.41. The summed E-state index contributed by atoms with van der Waals surface area (Å²) in [7, 11) is 0. The minimum atomic E-state index is 0.249. The molecule has 0 aromatic rings. The van der Waals surface area contributed by atoms with Crippen molar-refractivity contribution in [2.24, 2.45) is 46.8 Å². The molecule has 1 unspecified atom stereocenters. The molecule has 0 aliphatic heterocycles. The molecular weight excluding hydrogens is 380 g/mol. The van der Waals surface area contributed by atoms with Gasteiger partial charge in [0.2, 0.25) is 0 Å². The molecule has 4 aliphatic rings. The Labute approximate surface area is 192 Å². The van der Waals surface area contributed by atoms with Gasteiger partial charge in [-0.05, 0) is 105 Å². The van der Waals surface area contributed by atoms with Crippen LogP contribution < -0.4 is 0 Å². The van der Waals surface area contributed by atoms with Crippen LogP contribution in [0.2, 0.25) is 0 Å². The summed E-state index contributed by atoms with van der Waals surface area (Å²) in [6.07, 6.45) is 19.2. The minimum Gasteiger partial charge on any atom is -0.396 e. The second kappa shape index (κ2) is 10.3. The van der Waals surface area contributed by atoms with Gasteiger partial charge in [0.25, 0.3) is 0 Å². The van der Waals surface area contributed by atoms with Crippen molar-refractivity contribution in [3.63, 3.8) is 0 Å². The summed E-state index contributed by atoms with van der Waals surface area (Å²) in [6.45, 7) is 11.0. The number of ether oxygens (including phenoxy) is 1. The standard InChI is InChI=1S/C29H50O2/c1-20(2)7-5-8-21(3)27-13-14-28-26-11-9-22-19-23(31-18-6-17-30)10-12-24(22)25(26)15-16-29(27,28)4/h9,20-21,23-28,30H,5-8,10-19H2,1-4H3/t21-,23?,24+,25-,26-,27-,28+,29-/m1/s1. The van der Waals surface area contributed by atoms with Crippen molar-refractivity contribution < 1.29 is 9.84 Å². The summed E-state index contributed by atoms with van der Waals surface area (Å²) in [5.74, 6) is 6.45. The molecule has 0 heterocycles. The van der Waals surface area contributed by atoms with E-state index in [0.29, 0.717) is 11.5 Å². The molecule has 0 spiro atoms. The van der Waals surface area contributed by atoms with Crippen molar-refractivity contribution in [3.05, 3.63) is 11.6 Å². The quantitative estimate of drug-likeness (QED) is 0.305. The first-order valence-electron chi connectivity index (χ1n) is 13.9. The molecule has 4 aliphatic carbocycles. The molecule has 3 saturated carbocycles. The molecule has 0 saturated heterocycles. The second-order valence-electron chi connectivity index (χ2n) is 12.4. The van der Waals surface area contributed by atoms with Gasteiger partial charge in [-0.1, -0.05) is 58.6 Å². The van der Waals surface area contributed by atoms with E-state index in [-0.39, 0.29) is 6.61 Å². The lowest BCUT2D eigenvalue weighted by Gasteiger charge is -2.54. The van der Waals surface area contributed by atoms with Gasteiger partial charge in [-0.25, -0.2) is 0 Å². The third-order valence-electron chi connectivity index (χ3n) is 10.3. The van der Waals surface area contributed by atoms with Gasteiger partial charge >= 0.3 is 0 Å². The molecule has 0 radical (unpaired) electrons. The molecule has 4 rings (SSSR count). The van der Waals surface area contributed by atoms with Gasteiger partial charge < -0.3 is 9.84 Å². The number of allylic oxidation sites excluding steroid dienone is 1. The number of fused-ring (bicyclic) bond motifs is 5. The SMILES string of the molecule is CC(C)CCC[C@@H](C)[C@H]1CC[C@H]2[C@@H]3CC=C4CC(OCCCO)CC[C@@H]4[C@H]3CC[C@]12C. The van der Waals surface area contributed by atoms with E-state index in [2.05, 4.69) is 33.8 Å². The van der Waals surface area contributed by atoms with Crippen LogP contribution in [-0.4, -0.2) is 24.4 Å². The van der Waals surface area contributed by atoms with Crippen molar-refractivity contribution >= 4 is 0 Å². The van der Waals surface area contributed by atoms with Crippen LogP contribution in [0.1, 0.15) is 105 Å². The van der Waals surface area contributed by atoms with Crippen LogP contribution in [-0.2, 0) is 4.74 Å². The van der Waals surface area contributed by atoms with E-state index in [4.69, 9.17) is 9.84 Å². The molecule has 0 aromatic heterocycles. The van der Waals surface area contributed by atoms with E-state index in [1.54, 1.807) is 5.57 Å². The molecule has 2 nitrogen and oxygen atoms in total. The summed E-state index contributed by atoms with van der Waals surface area (Å²) >= 11 is 0. The van der Waals surface area contributed by atoms with Crippen LogP contribution in [0.25, 0.3) is 0 Å². The van der Waals surface area contributed by atoms with E-state index >= 15 is 0 Å². The van der Waals surface area contributed by atoms with Crippen LogP contribution in [0.5, 0.6) is 0 Å². The lowest BCUT2D eigenvalue weighted by molar-refractivity contribution is -0.0363. The zero-order chi connectivity index (χ0) is 22.0. The van der Waals surface area contributed by atoms with Crippen molar-refractivity contribution in [3.8, 4) is 0 Å². The molecule has 0 amide bonds. The average molecular weight is 431 g/mol. The summed E-state index contributed by atoms with van der Waals surface area (Å²) in [4.78, 5) is 0. The van der Waals surface area contributed by atoms with Crippen LogP contribution >= 0.6 is 0 Å². The summed E-state index contributed by atoms with van der Waals surface area (Å²) in [5.41, 5.74) is 2.34. The normalized spacial score (nSPS) is 40.8. The lowest BCUT2D eigenvalue weighted by Crippen LogP contribution is -2.47. The molecule has 1 N–H and O–H groups in total. The highest BCUT2D eigenvalue weighted by Crippen LogP contribution is 2.64. The molecule has 3 fully saturated rings. The van der Waals surface area contributed by atoms with Gasteiger partial charge in [-0.3, -0.25) is 0 Å². The Morgan fingerprint density at radius 2 is 1.87 bits per heavy atom. The molecule has 0 bridgehead atoms. The average Bonchev–Trinajstić information content (AvgIpc) is 3.10. The van der Waals surface area contributed by atoms with Gasteiger partial charge in [-0.15, -0.1) is 0 Å². The van der Waals surface area contributed by atoms with Crippen LogP contribution in [0.3, 0.4) is 0 Å². The maximum atomic E-state index is 9.03. The Balaban J connectivity index is 1.38. The zero-order valence-electron chi connectivity index (χ0n) is 21.0. The Bertz CT molecular complexity index is 610. The summed E-state index contributed by atoms with van der Waals surface area (Å²) in [6, 6.07) is 0. The van der Waals surface area contributed by atoms with E-state index in [0.717, 1.165) is 60.9 Å². The summed E-state index contributed by atoms with van der Waals surface area (Å²) in [5, 5.41) is 9.03. The lowest BCUT2D eigenvalue weighted by atomic mass is 9.51. The van der Waals surface area contributed by atoms with Crippen molar-refractivity contribution in [1.82, 2.24) is 0 Å². The molecule has 31 heavy (non-hydrogen) atoms. The highest BCUT2D eigenvalue weighted by molar-refractivity contribution is 5.20. The first-order valence-corrected chi connectivity index (χ1v) is 13.9. The van der Waals surface area contributed by atoms with Gasteiger partial charge in [0.15, 0.2) is 0 Å². The maximum Gasteiger partial charge on any atom is 0.0612 e. The zero-order valence-corrected chi connectivity index (χ0v) is 21.0. The van der Waals surface area contributed by atoms with Crippen LogP contribution in [0.4, 0.5) is 0 Å².